The minimum atomic E-state index is -0.0905. The molecule has 1 fully saturated rings. The van der Waals surface area contributed by atoms with E-state index < -0.39 is 0 Å². The van der Waals surface area contributed by atoms with E-state index >= 15 is 0 Å². The summed E-state index contributed by atoms with van der Waals surface area (Å²) in [4.78, 5) is 7.20. The van der Waals surface area contributed by atoms with E-state index in [1.165, 1.54) is 11.1 Å². The van der Waals surface area contributed by atoms with Crippen molar-refractivity contribution < 1.29 is 5.11 Å². The molecule has 1 aliphatic rings. The van der Waals surface area contributed by atoms with Gasteiger partial charge in [0.2, 0.25) is 0 Å². The van der Waals surface area contributed by atoms with Crippen LogP contribution in [0.4, 0.5) is 0 Å². The lowest BCUT2D eigenvalue weighted by molar-refractivity contribution is 0.0823. The number of benzene rings is 1. The second kappa shape index (κ2) is 11.2. The maximum atomic E-state index is 9.57. The van der Waals surface area contributed by atoms with Crippen molar-refractivity contribution >= 4 is 5.96 Å². The Balaban J connectivity index is 1.73. The number of nitrogens with zero attached hydrogens (tertiary/aromatic N) is 2. The molecule has 3 N–H and O–H groups in total. The van der Waals surface area contributed by atoms with Crippen molar-refractivity contribution in [2.24, 2.45) is 4.99 Å². The lowest BCUT2D eigenvalue weighted by Gasteiger charge is -2.29. The summed E-state index contributed by atoms with van der Waals surface area (Å²) in [7, 11) is 0. The molecule has 5 heteroatoms. The number of rotatable bonds is 8. The number of aliphatic imine (C=N–C) groups is 1. The zero-order valence-electron chi connectivity index (χ0n) is 16.7. The summed E-state index contributed by atoms with van der Waals surface area (Å²) in [5, 5.41) is 16.4. The Morgan fingerprint density at radius 2 is 2.08 bits per heavy atom. The summed E-state index contributed by atoms with van der Waals surface area (Å²) in [5.41, 5.74) is 2.64. The average Bonchev–Trinajstić information content (AvgIpc) is 2.64. The van der Waals surface area contributed by atoms with Gasteiger partial charge in [0.25, 0.3) is 0 Å². The number of guanidine groups is 1. The highest BCUT2D eigenvalue weighted by Gasteiger charge is 2.16. The number of aliphatic hydroxyl groups excluding tert-OH is 1. The van der Waals surface area contributed by atoms with Crippen molar-refractivity contribution in [1.82, 2.24) is 15.5 Å². The van der Waals surface area contributed by atoms with Gasteiger partial charge in [0.15, 0.2) is 5.96 Å². The molecule has 5 nitrogen and oxygen atoms in total. The Morgan fingerprint density at radius 3 is 2.77 bits per heavy atom. The maximum Gasteiger partial charge on any atom is 0.191 e. The van der Waals surface area contributed by atoms with Gasteiger partial charge in [0.05, 0.1) is 6.10 Å². The van der Waals surface area contributed by atoms with Crippen LogP contribution in [0.1, 0.15) is 50.2 Å². The number of nitrogens with one attached hydrogen (secondary N) is 2. The van der Waals surface area contributed by atoms with Crippen molar-refractivity contribution in [2.45, 2.75) is 52.1 Å². The van der Waals surface area contributed by atoms with Gasteiger partial charge < -0.3 is 20.6 Å². The van der Waals surface area contributed by atoms with E-state index in [1.807, 2.05) is 0 Å². The number of aliphatic hydroxyl groups is 1. The lowest BCUT2D eigenvalue weighted by atomic mass is 10.00. The fraction of sp³-hybridized carbons (Fsp3) is 0.667. The quantitative estimate of drug-likeness (QED) is 0.379. The predicted molar refractivity (Wildman–Crippen MR) is 110 cm³/mol. The van der Waals surface area contributed by atoms with Gasteiger partial charge in [-0.05, 0) is 45.2 Å². The molecule has 1 unspecified atom stereocenters. The highest BCUT2D eigenvalue weighted by molar-refractivity contribution is 5.79. The number of aryl methyl sites for hydroxylation is 1. The Morgan fingerprint density at radius 1 is 1.31 bits per heavy atom. The van der Waals surface area contributed by atoms with Gasteiger partial charge >= 0.3 is 0 Å². The fourth-order valence-corrected chi connectivity index (χ4v) is 3.30. The molecule has 1 saturated heterocycles. The van der Waals surface area contributed by atoms with E-state index in [1.54, 1.807) is 0 Å². The summed E-state index contributed by atoms with van der Waals surface area (Å²) >= 11 is 0. The first-order chi connectivity index (χ1) is 12.6. The normalized spacial score (nSPS) is 17.9. The molecule has 0 spiro atoms. The van der Waals surface area contributed by atoms with Crippen LogP contribution in [0.15, 0.2) is 29.3 Å². The van der Waals surface area contributed by atoms with Crippen LogP contribution in [-0.4, -0.2) is 61.3 Å². The topological polar surface area (TPSA) is 59.9 Å². The zero-order chi connectivity index (χ0) is 18.8. The van der Waals surface area contributed by atoms with Crippen LogP contribution in [0.5, 0.6) is 0 Å². The SMILES string of the molecule is CCNC(=NCC(C)c1cccc(C)c1)NCCCN1CCC(O)CC1. The minimum absolute atomic E-state index is 0.0905. The van der Waals surface area contributed by atoms with E-state index in [2.05, 4.69) is 60.6 Å². The van der Waals surface area contributed by atoms with Crippen molar-refractivity contribution in [3.63, 3.8) is 0 Å². The molecule has 0 saturated carbocycles. The standard InChI is InChI=1S/C21H36N4O/c1-4-22-21(23-11-6-12-25-13-9-20(26)10-14-25)24-16-18(3)19-8-5-7-17(2)15-19/h5,7-8,15,18,20,26H,4,6,9-14,16H2,1-3H3,(H2,22,23,24). The van der Waals surface area contributed by atoms with Crippen LogP contribution in [0.2, 0.25) is 0 Å². The van der Waals surface area contributed by atoms with Gasteiger partial charge in [-0.15, -0.1) is 0 Å². The largest absolute Gasteiger partial charge is 0.393 e. The van der Waals surface area contributed by atoms with Crippen LogP contribution in [0.3, 0.4) is 0 Å². The molecular formula is C21H36N4O. The number of piperidine rings is 1. The molecule has 1 heterocycles. The van der Waals surface area contributed by atoms with Gasteiger partial charge in [-0.2, -0.15) is 0 Å². The fourth-order valence-electron chi connectivity index (χ4n) is 3.30. The van der Waals surface area contributed by atoms with Gasteiger partial charge in [-0.25, -0.2) is 0 Å². The summed E-state index contributed by atoms with van der Waals surface area (Å²) in [6.45, 7) is 12.1. The van der Waals surface area contributed by atoms with Crippen LogP contribution in [0.25, 0.3) is 0 Å². The smallest absolute Gasteiger partial charge is 0.191 e. The minimum Gasteiger partial charge on any atom is -0.393 e. The molecule has 0 aromatic heterocycles. The Bertz CT molecular complexity index is 553. The molecule has 146 valence electrons. The van der Waals surface area contributed by atoms with Crippen molar-refractivity contribution in [3.05, 3.63) is 35.4 Å². The van der Waals surface area contributed by atoms with Crippen LogP contribution >= 0.6 is 0 Å². The molecule has 0 aliphatic carbocycles. The van der Waals surface area contributed by atoms with E-state index in [0.29, 0.717) is 5.92 Å². The van der Waals surface area contributed by atoms with Gasteiger partial charge in [-0.3, -0.25) is 4.99 Å². The maximum absolute atomic E-state index is 9.57. The summed E-state index contributed by atoms with van der Waals surface area (Å²) in [5.74, 6) is 1.31. The predicted octanol–water partition coefficient (Wildman–Crippen LogP) is 2.50. The average molecular weight is 361 g/mol. The van der Waals surface area contributed by atoms with Gasteiger partial charge in [-0.1, -0.05) is 36.8 Å². The molecule has 0 radical (unpaired) electrons. The third-order valence-corrected chi connectivity index (χ3v) is 4.98. The second-order valence-corrected chi connectivity index (χ2v) is 7.39. The summed E-state index contributed by atoms with van der Waals surface area (Å²) in [6.07, 6.45) is 2.82. The molecule has 0 bridgehead atoms. The van der Waals surface area contributed by atoms with Crippen molar-refractivity contribution in [1.29, 1.82) is 0 Å². The highest BCUT2D eigenvalue weighted by Crippen LogP contribution is 2.16. The molecule has 1 aromatic rings. The van der Waals surface area contributed by atoms with E-state index in [-0.39, 0.29) is 6.10 Å². The first-order valence-electron chi connectivity index (χ1n) is 10.1. The Labute approximate surface area is 158 Å². The molecular weight excluding hydrogens is 324 g/mol. The molecule has 0 amide bonds. The molecule has 1 atom stereocenters. The third kappa shape index (κ3) is 7.34. The van der Waals surface area contributed by atoms with Crippen LogP contribution in [-0.2, 0) is 0 Å². The van der Waals surface area contributed by atoms with Crippen LogP contribution < -0.4 is 10.6 Å². The Kier molecular flexibility index (Phi) is 8.92. The summed E-state index contributed by atoms with van der Waals surface area (Å²) < 4.78 is 0. The number of likely N-dealkylation sites (tertiary alicyclic amines) is 1. The number of hydrogen-bond donors (Lipinski definition) is 3. The van der Waals surface area contributed by atoms with E-state index in [4.69, 9.17) is 4.99 Å². The zero-order valence-corrected chi connectivity index (χ0v) is 16.7. The second-order valence-electron chi connectivity index (χ2n) is 7.39. The first-order valence-corrected chi connectivity index (χ1v) is 10.1. The highest BCUT2D eigenvalue weighted by atomic mass is 16.3. The van der Waals surface area contributed by atoms with Gasteiger partial charge in [0, 0.05) is 38.6 Å². The molecule has 26 heavy (non-hydrogen) atoms. The van der Waals surface area contributed by atoms with Crippen LogP contribution in [0, 0.1) is 6.92 Å². The molecule has 1 aliphatic heterocycles. The Hall–Kier alpha value is -1.59. The number of hydrogen-bond acceptors (Lipinski definition) is 3. The molecule has 1 aromatic carbocycles. The van der Waals surface area contributed by atoms with E-state index in [0.717, 1.165) is 64.5 Å². The third-order valence-electron chi connectivity index (χ3n) is 4.98. The first kappa shape index (κ1) is 20.7. The lowest BCUT2D eigenvalue weighted by Crippen LogP contribution is -2.40. The molecule has 2 rings (SSSR count). The van der Waals surface area contributed by atoms with Gasteiger partial charge in [0.1, 0.15) is 0 Å². The summed E-state index contributed by atoms with van der Waals surface area (Å²) in [6, 6.07) is 8.68. The van der Waals surface area contributed by atoms with E-state index in [9.17, 15) is 5.11 Å². The monoisotopic (exact) mass is 360 g/mol. The van der Waals surface area contributed by atoms with Crippen molar-refractivity contribution in [2.75, 3.05) is 39.3 Å². The van der Waals surface area contributed by atoms with Crippen molar-refractivity contribution in [3.8, 4) is 0 Å².